The minimum absolute atomic E-state index is 0.0833. The first-order chi connectivity index (χ1) is 16.6. The van der Waals surface area contributed by atoms with E-state index in [0.29, 0.717) is 23.2 Å². The zero-order valence-corrected chi connectivity index (χ0v) is 18.9. The Balaban J connectivity index is 1.56. The van der Waals surface area contributed by atoms with Gasteiger partial charge in [-0.05, 0) is 43.1 Å². The number of hydrogen-bond donors (Lipinski definition) is 4. The van der Waals surface area contributed by atoms with Gasteiger partial charge in [-0.3, -0.25) is 9.59 Å². The van der Waals surface area contributed by atoms with Crippen molar-refractivity contribution in [3.8, 4) is 11.3 Å². The molecule has 1 aliphatic rings. The maximum Gasteiger partial charge on any atom is 0.282 e. The molecule has 0 bridgehead atoms. The van der Waals surface area contributed by atoms with Crippen LogP contribution in [-0.2, 0) is 6.54 Å². The van der Waals surface area contributed by atoms with Gasteiger partial charge < -0.3 is 22.1 Å². The summed E-state index contributed by atoms with van der Waals surface area (Å²) in [5.74, 6) is -5.11. The molecule has 2 amide bonds. The van der Waals surface area contributed by atoms with Crippen LogP contribution in [0.25, 0.3) is 11.3 Å². The maximum atomic E-state index is 14.5. The molecule has 6 N–H and O–H groups in total. The number of halogens is 3. The Morgan fingerprint density at radius 2 is 1.94 bits per heavy atom. The van der Waals surface area contributed by atoms with Crippen LogP contribution in [-0.4, -0.2) is 40.6 Å². The first kappa shape index (κ1) is 24.3. The molecule has 1 aliphatic heterocycles. The van der Waals surface area contributed by atoms with Crippen molar-refractivity contribution in [2.24, 2.45) is 5.73 Å². The predicted octanol–water partition coefficient (Wildman–Crippen LogP) is 2.78. The molecule has 2 heterocycles. The van der Waals surface area contributed by atoms with Crippen LogP contribution in [0.4, 0.5) is 19.0 Å². The third kappa shape index (κ3) is 4.85. The van der Waals surface area contributed by atoms with E-state index < -0.39 is 36.1 Å². The van der Waals surface area contributed by atoms with E-state index in [9.17, 15) is 22.8 Å². The molecule has 1 unspecified atom stereocenters. The number of amides is 2. The summed E-state index contributed by atoms with van der Waals surface area (Å²) >= 11 is 0. The highest BCUT2D eigenvalue weighted by molar-refractivity contribution is 6.03. The molecule has 2 aromatic carbocycles. The lowest BCUT2D eigenvalue weighted by molar-refractivity contribution is -0.0689. The van der Waals surface area contributed by atoms with Crippen LogP contribution >= 0.6 is 0 Å². The minimum atomic E-state index is -3.10. The summed E-state index contributed by atoms with van der Waals surface area (Å²) < 4.78 is 43.5. The first-order valence-corrected chi connectivity index (χ1v) is 11.0. The summed E-state index contributed by atoms with van der Waals surface area (Å²) in [6.07, 6.45) is 0.0833. The van der Waals surface area contributed by atoms with Gasteiger partial charge in [0.25, 0.3) is 17.7 Å². The molecule has 0 saturated carbocycles. The van der Waals surface area contributed by atoms with Crippen molar-refractivity contribution in [3.05, 3.63) is 70.5 Å². The lowest BCUT2D eigenvalue weighted by atomic mass is 10.0. The molecule has 184 valence electrons. The Kier molecular flexibility index (Phi) is 6.53. The molecule has 1 atom stereocenters. The fraction of sp³-hybridized carbons (Fsp3) is 0.292. The number of carbonyl (C=O) groups is 2. The van der Waals surface area contributed by atoms with Crippen LogP contribution in [0.15, 0.2) is 42.5 Å². The van der Waals surface area contributed by atoms with Gasteiger partial charge in [-0.1, -0.05) is 30.3 Å². The quantitative estimate of drug-likeness (QED) is 0.426. The third-order valence-electron chi connectivity index (χ3n) is 6.06. The second-order valence-corrected chi connectivity index (χ2v) is 8.50. The fourth-order valence-corrected chi connectivity index (χ4v) is 4.15. The number of anilines is 1. The molecule has 0 spiro atoms. The number of piperidine rings is 1. The van der Waals surface area contributed by atoms with E-state index in [4.69, 9.17) is 11.5 Å². The van der Waals surface area contributed by atoms with E-state index in [1.807, 2.05) is 0 Å². The summed E-state index contributed by atoms with van der Waals surface area (Å²) in [5, 5.41) is 9.63. The number of nitrogen functional groups attached to an aromatic ring is 1. The van der Waals surface area contributed by atoms with Crippen LogP contribution in [0.5, 0.6) is 0 Å². The van der Waals surface area contributed by atoms with Gasteiger partial charge in [0.15, 0.2) is 0 Å². The molecule has 8 nitrogen and oxygen atoms in total. The van der Waals surface area contributed by atoms with E-state index >= 15 is 0 Å². The Morgan fingerprint density at radius 1 is 1.23 bits per heavy atom. The van der Waals surface area contributed by atoms with E-state index in [0.717, 1.165) is 4.68 Å². The van der Waals surface area contributed by atoms with Crippen LogP contribution in [0.1, 0.15) is 44.3 Å². The number of aromatic nitrogens is 2. The summed E-state index contributed by atoms with van der Waals surface area (Å²) in [6.45, 7) is 1.71. The highest BCUT2D eigenvalue weighted by Crippen LogP contribution is 2.38. The molecular weight excluding hydrogens is 461 g/mol. The molecule has 0 aliphatic carbocycles. The van der Waals surface area contributed by atoms with Crippen LogP contribution in [0.2, 0.25) is 0 Å². The second-order valence-electron chi connectivity index (χ2n) is 8.50. The van der Waals surface area contributed by atoms with E-state index in [-0.39, 0.29) is 35.6 Å². The van der Waals surface area contributed by atoms with Gasteiger partial charge in [0.2, 0.25) is 0 Å². The summed E-state index contributed by atoms with van der Waals surface area (Å²) in [6, 6.07) is 9.32. The van der Waals surface area contributed by atoms with Crippen molar-refractivity contribution in [2.45, 2.75) is 31.9 Å². The predicted molar refractivity (Wildman–Crippen MR) is 124 cm³/mol. The Hall–Kier alpha value is -3.86. The highest BCUT2D eigenvalue weighted by Gasteiger charge is 2.45. The van der Waals surface area contributed by atoms with Crippen molar-refractivity contribution < 1.29 is 22.8 Å². The zero-order valence-electron chi connectivity index (χ0n) is 18.9. The standard InChI is InChI=1S/C24H25F3N6O2/c1-13-2-7-16(25)10-17(13)23(35)31-11-14-3-5-15(6-4-14)20-19(22(29)34)21(28)33(32-20)18-8-9-30-12-24(18,26)27/h2-7,10,18,30H,8-9,11-12,28H2,1H3,(H2,29,34)(H,31,35). The number of aryl methyl sites for hydroxylation is 1. The van der Waals surface area contributed by atoms with Crippen molar-refractivity contribution in [1.29, 1.82) is 0 Å². The van der Waals surface area contributed by atoms with E-state index in [2.05, 4.69) is 15.7 Å². The molecule has 1 aromatic heterocycles. The van der Waals surface area contributed by atoms with Gasteiger partial charge in [-0.2, -0.15) is 5.10 Å². The molecule has 3 aromatic rings. The molecular formula is C24H25F3N6O2. The average Bonchev–Trinajstić information content (AvgIpc) is 3.16. The maximum absolute atomic E-state index is 14.5. The normalized spacial score (nSPS) is 17.2. The number of nitrogens with zero attached hydrogens (tertiary/aromatic N) is 2. The molecule has 0 radical (unpaired) electrons. The van der Waals surface area contributed by atoms with Crippen LogP contribution in [0.3, 0.4) is 0 Å². The first-order valence-electron chi connectivity index (χ1n) is 11.0. The Bertz CT molecular complexity index is 1270. The number of nitrogens with one attached hydrogen (secondary N) is 2. The smallest absolute Gasteiger partial charge is 0.282 e. The number of benzene rings is 2. The van der Waals surface area contributed by atoms with Crippen molar-refractivity contribution in [1.82, 2.24) is 20.4 Å². The van der Waals surface area contributed by atoms with Gasteiger partial charge >= 0.3 is 0 Å². The zero-order chi connectivity index (χ0) is 25.3. The monoisotopic (exact) mass is 486 g/mol. The third-order valence-corrected chi connectivity index (χ3v) is 6.06. The van der Waals surface area contributed by atoms with Crippen LogP contribution in [0, 0.1) is 12.7 Å². The average molecular weight is 486 g/mol. The highest BCUT2D eigenvalue weighted by atomic mass is 19.3. The van der Waals surface area contributed by atoms with Gasteiger partial charge in [0, 0.05) is 17.7 Å². The van der Waals surface area contributed by atoms with Gasteiger partial charge in [0.05, 0.1) is 6.54 Å². The minimum Gasteiger partial charge on any atom is -0.383 e. The largest absolute Gasteiger partial charge is 0.383 e. The Labute approximate surface area is 199 Å². The van der Waals surface area contributed by atoms with Crippen molar-refractivity contribution >= 4 is 17.6 Å². The molecule has 1 saturated heterocycles. The number of rotatable bonds is 6. The van der Waals surface area contributed by atoms with Gasteiger partial charge in [0.1, 0.15) is 28.9 Å². The summed E-state index contributed by atoms with van der Waals surface area (Å²) in [7, 11) is 0. The molecule has 35 heavy (non-hydrogen) atoms. The molecule has 4 rings (SSSR count). The topological polar surface area (TPSA) is 128 Å². The number of nitrogens with two attached hydrogens (primary N) is 2. The van der Waals surface area contributed by atoms with Gasteiger partial charge in [-0.15, -0.1) is 0 Å². The number of primary amides is 1. The van der Waals surface area contributed by atoms with Crippen molar-refractivity contribution in [3.63, 3.8) is 0 Å². The Morgan fingerprint density at radius 3 is 2.60 bits per heavy atom. The number of alkyl halides is 2. The summed E-state index contributed by atoms with van der Waals surface area (Å²) in [4.78, 5) is 24.5. The van der Waals surface area contributed by atoms with Crippen LogP contribution < -0.4 is 22.1 Å². The van der Waals surface area contributed by atoms with E-state index in [1.165, 1.54) is 18.2 Å². The lowest BCUT2D eigenvalue weighted by Gasteiger charge is -2.32. The van der Waals surface area contributed by atoms with Crippen molar-refractivity contribution in [2.75, 3.05) is 18.8 Å². The SMILES string of the molecule is Cc1ccc(F)cc1C(=O)NCc1ccc(-c2nn(C3CCNCC3(F)F)c(N)c2C(N)=O)cc1. The molecule has 1 fully saturated rings. The summed E-state index contributed by atoms with van der Waals surface area (Å²) in [5.41, 5.74) is 13.6. The van der Waals surface area contributed by atoms with Gasteiger partial charge in [-0.25, -0.2) is 17.9 Å². The second kappa shape index (κ2) is 9.41. The number of hydrogen-bond acceptors (Lipinski definition) is 5. The fourth-order valence-electron chi connectivity index (χ4n) is 4.15. The van der Waals surface area contributed by atoms with E-state index in [1.54, 1.807) is 31.2 Å². The lowest BCUT2D eigenvalue weighted by Crippen LogP contribution is -2.47. The molecule has 11 heteroatoms. The number of carbonyl (C=O) groups excluding carboxylic acids is 2.